The number of aromatic nitrogens is 2. The number of nitrogens with zero attached hydrogens (tertiary/aromatic N) is 2. The van der Waals surface area contributed by atoms with Gasteiger partial charge in [-0.05, 0) is 23.9 Å². The zero-order valence-electron chi connectivity index (χ0n) is 16.0. The fraction of sp³-hybridized carbons (Fsp3) is 0.227. The first-order valence-electron chi connectivity index (χ1n) is 9.47. The van der Waals surface area contributed by atoms with Gasteiger partial charge in [-0.3, -0.25) is 14.6 Å². The van der Waals surface area contributed by atoms with Crippen molar-refractivity contribution >= 4 is 23.0 Å². The van der Waals surface area contributed by atoms with Crippen LogP contribution in [-0.4, -0.2) is 33.2 Å². The Morgan fingerprint density at radius 3 is 2.72 bits per heavy atom. The monoisotopic (exact) mass is 408 g/mol. The number of Topliss-reactive ketones (excluding diaryl/α,β-unsaturated/α-hetero) is 1. The second kappa shape index (κ2) is 8.05. The summed E-state index contributed by atoms with van der Waals surface area (Å²) in [6.45, 7) is 3.14. The minimum Gasteiger partial charge on any atom is -0.503 e. The molecule has 148 valence electrons. The number of hydrogen-bond acceptors (Lipinski definition) is 4. The highest BCUT2D eigenvalue weighted by atomic mass is 32.1. The number of hydrogen-bond donors (Lipinski definition) is 2. The number of thiophene rings is 1. The zero-order chi connectivity index (χ0) is 20.4. The molecule has 0 bridgehead atoms. The molecule has 1 unspecified atom stereocenters. The number of benzene rings is 1. The number of aryl methyl sites for hydroxylation is 2. The number of aliphatic hydroxyl groups excluding tert-OH is 1. The van der Waals surface area contributed by atoms with Crippen molar-refractivity contribution < 1.29 is 19.3 Å². The van der Waals surface area contributed by atoms with Crippen LogP contribution in [0.1, 0.15) is 33.3 Å². The van der Waals surface area contributed by atoms with Crippen LogP contribution in [0.15, 0.2) is 71.8 Å². The summed E-state index contributed by atoms with van der Waals surface area (Å²) < 4.78 is 1.99. The summed E-state index contributed by atoms with van der Waals surface area (Å²) in [6, 6.07) is 10.7. The number of carbonyl (C=O) groups is 2. The van der Waals surface area contributed by atoms with Gasteiger partial charge in [0.15, 0.2) is 5.76 Å². The van der Waals surface area contributed by atoms with Gasteiger partial charge in [0, 0.05) is 13.0 Å². The van der Waals surface area contributed by atoms with Gasteiger partial charge in [0.05, 0.1) is 23.0 Å². The van der Waals surface area contributed by atoms with Gasteiger partial charge in [-0.1, -0.05) is 35.9 Å². The molecule has 1 aliphatic heterocycles. The average molecular weight is 409 g/mol. The summed E-state index contributed by atoms with van der Waals surface area (Å²) in [7, 11) is 0. The number of amides is 1. The van der Waals surface area contributed by atoms with E-state index in [1.54, 1.807) is 17.0 Å². The zero-order valence-corrected chi connectivity index (χ0v) is 16.9. The Bertz CT molecular complexity index is 1040. The maximum absolute atomic E-state index is 13.1. The van der Waals surface area contributed by atoms with Crippen molar-refractivity contribution in [3.63, 3.8) is 0 Å². The predicted molar refractivity (Wildman–Crippen MR) is 110 cm³/mol. The molecule has 2 aromatic heterocycles. The fourth-order valence-electron chi connectivity index (χ4n) is 3.64. The van der Waals surface area contributed by atoms with Crippen LogP contribution in [0.3, 0.4) is 0 Å². The van der Waals surface area contributed by atoms with Gasteiger partial charge in [0.25, 0.3) is 5.91 Å². The molecule has 0 fully saturated rings. The standard InChI is InChI=1S/C22H21N3O3S/c1-15-5-7-16(8-6-15)19-18(20(26)17-4-2-13-29-17)21(27)22(28)25(19)11-3-10-24-12-9-23-14-24/h2,4-9,12-14,19H,3,10-11H2,1H3,(H,26,27)/p+1. The first-order valence-corrected chi connectivity index (χ1v) is 10.3. The first kappa shape index (κ1) is 19.1. The van der Waals surface area contributed by atoms with Crippen molar-refractivity contribution in [1.82, 2.24) is 9.88 Å². The molecule has 1 amide bonds. The Kier molecular flexibility index (Phi) is 5.31. The molecule has 0 spiro atoms. The molecule has 4 rings (SSSR count). The first-order chi connectivity index (χ1) is 14.1. The van der Waals surface area contributed by atoms with Gasteiger partial charge in [-0.2, -0.15) is 0 Å². The molecule has 29 heavy (non-hydrogen) atoms. The molecule has 0 radical (unpaired) electrons. The van der Waals surface area contributed by atoms with Crippen LogP contribution in [0.2, 0.25) is 0 Å². The maximum Gasteiger partial charge on any atom is 0.290 e. The van der Waals surface area contributed by atoms with Gasteiger partial charge in [0.1, 0.15) is 12.4 Å². The quantitative estimate of drug-likeness (QED) is 0.465. The molecule has 6 nitrogen and oxygen atoms in total. The summed E-state index contributed by atoms with van der Waals surface area (Å²) >= 11 is 1.31. The van der Waals surface area contributed by atoms with E-state index in [1.165, 1.54) is 11.3 Å². The van der Waals surface area contributed by atoms with E-state index in [0.29, 0.717) is 17.8 Å². The molecule has 1 atom stereocenters. The van der Waals surface area contributed by atoms with Crippen molar-refractivity contribution in [2.45, 2.75) is 25.9 Å². The van der Waals surface area contributed by atoms with Crippen LogP contribution in [0.25, 0.3) is 0 Å². The van der Waals surface area contributed by atoms with E-state index in [-0.39, 0.29) is 11.4 Å². The summed E-state index contributed by atoms with van der Waals surface area (Å²) in [4.78, 5) is 31.1. The van der Waals surface area contributed by atoms with Crippen LogP contribution >= 0.6 is 11.3 Å². The van der Waals surface area contributed by atoms with Crippen LogP contribution < -0.4 is 4.57 Å². The Morgan fingerprint density at radius 2 is 2.07 bits per heavy atom. The molecule has 7 heteroatoms. The third-order valence-electron chi connectivity index (χ3n) is 5.10. The number of rotatable bonds is 7. The van der Waals surface area contributed by atoms with Gasteiger partial charge in [0.2, 0.25) is 12.1 Å². The molecule has 3 heterocycles. The van der Waals surface area contributed by atoms with Crippen LogP contribution in [0, 0.1) is 6.92 Å². The third-order valence-corrected chi connectivity index (χ3v) is 5.97. The second-order valence-corrected chi connectivity index (χ2v) is 8.03. The highest BCUT2D eigenvalue weighted by Crippen LogP contribution is 2.39. The molecule has 0 saturated heterocycles. The van der Waals surface area contributed by atoms with Crippen LogP contribution in [0.5, 0.6) is 0 Å². The van der Waals surface area contributed by atoms with Crippen molar-refractivity contribution in [2.75, 3.05) is 6.54 Å². The van der Waals surface area contributed by atoms with Gasteiger partial charge < -0.3 is 10.0 Å². The lowest BCUT2D eigenvalue weighted by molar-refractivity contribution is -0.695. The van der Waals surface area contributed by atoms with E-state index in [4.69, 9.17) is 0 Å². The predicted octanol–water partition coefficient (Wildman–Crippen LogP) is 3.34. The Balaban J connectivity index is 1.66. The minimum atomic E-state index is -0.589. The van der Waals surface area contributed by atoms with Crippen LogP contribution in [0.4, 0.5) is 0 Å². The van der Waals surface area contributed by atoms with Crippen molar-refractivity contribution in [1.29, 1.82) is 0 Å². The number of nitrogens with one attached hydrogen (secondary N) is 1. The summed E-state index contributed by atoms with van der Waals surface area (Å²) in [5, 5.41) is 12.4. The fourth-order valence-corrected chi connectivity index (χ4v) is 4.31. The number of aliphatic hydroxyl groups is 1. The topological polar surface area (TPSA) is 77.3 Å². The Morgan fingerprint density at radius 1 is 1.28 bits per heavy atom. The lowest BCUT2D eigenvalue weighted by Crippen LogP contribution is -2.36. The second-order valence-electron chi connectivity index (χ2n) is 7.08. The largest absolute Gasteiger partial charge is 0.503 e. The third kappa shape index (κ3) is 3.73. The highest BCUT2D eigenvalue weighted by Gasteiger charge is 2.43. The molecule has 0 saturated carbocycles. The normalized spacial score (nSPS) is 16.7. The number of H-pyrrole nitrogens is 1. The Hall–Kier alpha value is -3.19. The summed E-state index contributed by atoms with van der Waals surface area (Å²) in [5.41, 5.74) is 2.07. The van der Waals surface area contributed by atoms with E-state index in [1.807, 2.05) is 59.9 Å². The molecular weight excluding hydrogens is 386 g/mol. The van der Waals surface area contributed by atoms with E-state index in [2.05, 4.69) is 4.98 Å². The van der Waals surface area contributed by atoms with Gasteiger partial charge in [-0.25, -0.2) is 4.57 Å². The van der Waals surface area contributed by atoms with E-state index < -0.39 is 17.7 Å². The molecule has 2 N–H and O–H groups in total. The SMILES string of the molecule is Cc1ccc(C2C(C(=O)c3cccs3)=C(O)C(=O)N2CCC[n+]2cc[nH]c2)cc1. The number of imidazole rings is 1. The summed E-state index contributed by atoms with van der Waals surface area (Å²) in [5.74, 6) is -1.23. The summed E-state index contributed by atoms with van der Waals surface area (Å²) in [6.07, 6.45) is 6.31. The van der Waals surface area contributed by atoms with Gasteiger partial charge >= 0.3 is 0 Å². The highest BCUT2D eigenvalue weighted by molar-refractivity contribution is 7.12. The minimum absolute atomic E-state index is 0.163. The molecular formula is C22H22N3O3S+. The molecule has 0 aliphatic carbocycles. The lowest BCUT2D eigenvalue weighted by atomic mass is 9.95. The molecule has 1 aliphatic rings. The number of ketones is 1. The van der Waals surface area contributed by atoms with E-state index >= 15 is 0 Å². The Labute approximate surface area is 172 Å². The number of carbonyl (C=O) groups excluding carboxylic acids is 2. The number of aromatic amines is 1. The van der Waals surface area contributed by atoms with E-state index in [0.717, 1.165) is 17.7 Å². The van der Waals surface area contributed by atoms with Crippen molar-refractivity contribution in [2.24, 2.45) is 0 Å². The van der Waals surface area contributed by atoms with Crippen molar-refractivity contribution in [3.8, 4) is 0 Å². The smallest absolute Gasteiger partial charge is 0.290 e. The van der Waals surface area contributed by atoms with E-state index in [9.17, 15) is 14.7 Å². The van der Waals surface area contributed by atoms with Gasteiger partial charge in [-0.15, -0.1) is 11.3 Å². The average Bonchev–Trinajstić information content (AvgIpc) is 3.47. The van der Waals surface area contributed by atoms with Crippen LogP contribution in [-0.2, 0) is 11.3 Å². The maximum atomic E-state index is 13.1. The van der Waals surface area contributed by atoms with Crippen molar-refractivity contribution in [3.05, 3.63) is 87.8 Å². The lowest BCUT2D eigenvalue weighted by Gasteiger charge is -2.26. The molecule has 1 aromatic carbocycles. The molecule has 3 aromatic rings.